The topological polar surface area (TPSA) is 50.4 Å². The molecule has 2 aromatic rings. The van der Waals surface area contributed by atoms with E-state index >= 15 is 0 Å². The van der Waals surface area contributed by atoms with Gasteiger partial charge in [-0.15, -0.1) is 6.42 Å². The molecule has 0 aliphatic heterocycles. The van der Waals surface area contributed by atoms with Crippen molar-refractivity contribution in [3.05, 3.63) is 59.7 Å². The molecule has 26 heavy (non-hydrogen) atoms. The molecule has 4 nitrogen and oxygen atoms in total. The lowest BCUT2D eigenvalue weighted by Gasteiger charge is -2.12. The number of carbonyl (C=O) groups excluding carboxylic acids is 1. The lowest BCUT2D eigenvalue weighted by molar-refractivity contribution is -0.116. The van der Waals surface area contributed by atoms with E-state index in [1.54, 1.807) is 0 Å². The second kappa shape index (κ2) is 10.3. The van der Waals surface area contributed by atoms with Crippen LogP contribution in [0.4, 0.5) is 5.69 Å². The Balaban J connectivity index is 1.89. The minimum absolute atomic E-state index is 0.0460. The van der Waals surface area contributed by atoms with Gasteiger partial charge in [-0.1, -0.05) is 50.1 Å². The van der Waals surface area contributed by atoms with E-state index in [9.17, 15) is 4.79 Å². The highest BCUT2D eigenvalue weighted by Gasteiger charge is 2.06. The van der Waals surface area contributed by atoms with Crippen molar-refractivity contribution in [1.29, 1.82) is 0 Å². The third kappa shape index (κ3) is 6.62. The van der Waals surface area contributed by atoms with Crippen LogP contribution in [0.5, 0.6) is 5.75 Å². The number of nitrogens with one attached hydrogen (secondary N) is 2. The van der Waals surface area contributed by atoms with Crippen molar-refractivity contribution in [1.82, 2.24) is 5.32 Å². The van der Waals surface area contributed by atoms with Gasteiger partial charge >= 0.3 is 0 Å². The van der Waals surface area contributed by atoms with E-state index in [0.717, 1.165) is 22.6 Å². The summed E-state index contributed by atoms with van der Waals surface area (Å²) in [5.41, 5.74) is 2.99. The number of hydrogen-bond acceptors (Lipinski definition) is 3. The minimum Gasteiger partial charge on any atom is -0.481 e. The van der Waals surface area contributed by atoms with E-state index in [0.29, 0.717) is 25.4 Å². The summed E-state index contributed by atoms with van der Waals surface area (Å²) in [6.45, 7) is 5.69. The summed E-state index contributed by atoms with van der Waals surface area (Å²) >= 11 is 0. The second-order valence-corrected chi connectivity index (χ2v) is 6.55. The maximum Gasteiger partial charge on any atom is 0.224 e. The van der Waals surface area contributed by atoms with Crippen molar-refractivity contribution >= 4 is 11.6 Å². The van der Waals surface area contributed by atoms with Gasteiger partial charge < -0.3 is 15.4 Å². The summed E-state index contributed by atoms with van der Waals surface area (Å²) in [6, 6.07) is 15.7. The minimum atomic E-state index is 0.0460. The van der Waals surface area contributed by atoms with Gasteiger partial charge in [-0.2, -0.15) is 0 Å². The Labute approximate surface area is 156 Å². The van der Waals surface area contributed by atoms with Gasteiger partial charge in [0, 0.05) is 30.8 Å². The highest BCUT2D eigenvalue weighted by atomic mass is 16.5. The van der Waals surface area contributed by atoms with Crippen LogP contribution < -0.4 is 15.4 Å². The Morgan fingerprint density at radius 1 is 1.15 bits per heavy atom. The van der Waals surface area contributed by atoms with Gasteiger partial charge in [0.15, 0.2) is 0 Å². The molecule has 136 valence electrons. The van der Waals surface area contributed by atoms with Crippen LogP contribution in [0.2, 0.25) is 0 Å². The van der Waals surface area contributed by atoms with Crippen molar-refractivity contribution in [3.8, 4) is 18.1 Å². The fourth-order valence-corrected chi connectivity index (χ4v) is 2.59. The molecular weight excluding hydrogens is 324 g/mol. The fraction of sp³-hybridized carbons (Fsp3) is 0.318. The van der Waals surface area contributed by atoms with E-state index in [1.807, 2.05) is 62.4 Å². The molecule has 0 aliphatic rings. The van der Waals surface area contributed by atoms with Crippen LogP contribution in [0.25, 0.3) is 0 Å². The number of terminal acetylenes is 1. The largest absolute Gasteiger partial charge is 0.481 e. The standard InChI is InChI=1S/C22H26N2O2/c1-4-12-26-21-11-6-5-9-19(21)16-23-15-18-8-7-10-20(14-18)24-22(25)13-17(2)3/h1,5-11,14,17,23H,12-13,15-16H2,2-3H3,(H,24,25). The predicted octanol–water partition coefficient (Wildman–Crippen LogP) is 3.97. The van der Waals surface area contributed by atoms with Crippen LogP contribution in [0, 0.1) is 18.3 Å². The van der Waals surface area contributed by atoms with Crippen LogP contribution in [0.1, 0.15) is 31.4 Å². The zero-order valence-corrected chi connectivity index (χ0v) is 15.4. The molecular formula is C22H26N2O2. The van der Waals surface area contributed by atoms with Gasteiger partial charge in [0.2, 0.25) is 5.91 Å². The summed E-state index contributed by atoms with van der Waals surface area (Å²) in [7, 11) is 0. The molecule has 0 aromatic heterocycles. The summed E-state index contributed by atoms with van der Waals surface area (Å²) < 4.78 is 5.56. The zero-order chi connectivity index (χ0) is 18.8. The first-order valence-electron chi connectivity index (χ1n) is 8.82. The molecule has 0 radical (unpaired) electrons. The second-order valence-electron chi connectivity index (χ2n) is 6.55. The summed E-state index contributed by atoms with van der Waals surface area (Å²) in [5.74, 6) is 3.67. The highest BCUT2D eigenvalue weighted by molar-refractivity contribution is 5.90. The SMILES string of the molecule is C#CCOc1ccccc1CNCc1cccc(NC(=O)CC(C)C)c1. The number of para-hydroxylation sites is 1. The van der Waals surface area contributed by atoms with Gasteiger partial charge in [0.1, 0.15) is 12.4 Å². The van der Waals surface area contributed by atoms with Crippen LogP contribution in [0.3, 0.4) is 0 Å². The van der Waals surface area contributed by atoms with Gasteiger partial charge in [-0.3, -0.25) is 4.79 Å². The third-order valence-corrected chi connectivity index (χ3v) is 3.73. The van der Waals surface area contributed by atoms with Gasteiger partial charge in [0.05, 0.1) is 0 Å². The molecule has 2 N–H and O–H groups in total. The Morgan fingerprint density at radius 2 is 1.96 bits per heavy atom. The van der Waals surface area contributed by atoms with E-state index in [1.165, 1.54) is 0 Å². The number of anilines is 1. The van der Waals surface area contributed by atoms with Crippen molar-refractivity contribution < 1.29 is 9.53 Å². The molecule has 2 rings (SSSR count). The van der Waals surface area contributed by atoms with Crippen molar-refractivity contribution in [2.45, 2.75) is 33.4 Å². The molecule has 0 saturated heterocycles. The van der Waals surface area contributed by atoms with E-state index in [4.69, 9.17) is 11.2 Å². The number of hydrogen-bond donors (Lipinski definition) is 2. The van der Waals surface area contributed by atoms with Crippen molar-refractivity contribution in [3.63, 3.8) is 0 Å². The molecule has 0 unspecified atom stereocenters. The highest BCUT2D eigenvalue weighted by Crippen LogP contribution is 2.18. The molecule has 0 saturated carbocycles. The smallest absolute Gasteiger partial charge is 0.224 e. The van der Waals surface area contributed by atoms with E-state index in [2.05, 4.69) is 16.6 Å². The maximum atomic E-state index is 11.9. The van der Waals surface area contributed by atoms with Crippen LogP contribution >= 0.6 is 0 Å². The average Bonchev–Trinajstić information content (AvgIpc) is 2.60. The Morgan fingerprint density at radius 3 is 2.73 bits per heavy atom. The maximum absolute atomic E-state index is 11.9. The number of rotatable bonds is 9. The van der Waals surface area contributed by atoms with Gasteiger partial charge in [0.25, 0.3) is 0 Å². The zero-order valence-electron chi connectivity index (χ0n) is 15.4. The van der Waals surface area contributed by atoms with Gasteiger partial charge in [-0.25, -0.2) is 0 Å². The number of carbonyl (C=O) groups is 1. The Bertz CT molecular complexity index is 763. The normalized spacial score (nSPS) is 10.4. The van der Waals surface area contributed by atoms with E-state index < -0.39 is 0 Å². The number of amides is 1. The van der Waals surface area contributed by atoms with Crippen LogP contribution in [-0.2, 0) is 17.9 Å². The quantitative estimate of drug-likeness (QED) is 0.673. The monoisotopic (exact) mass is 350 g/mol. The van der Waals surface area contributed by atoms with Gasteiger partial charge in [-0.05, 0) is 29.7 Å². The first kappa shape index (κ1) is 19.6. The molecule has 0 fully saturated rings. The molecule has 2 aromatic carbocycles. The molecule has 0 spiro atoms. The summed E-state index contributed by atoms with van der Waals surface area (Å²) in [4.78, 5) is 11.9. The van der Waals surface area contributed by atoms with Crippen LogP contribution in [0.15, 0.2) is 48.5 Å². The Kier molecular flexibility index (Phi) is 7.73. The fourth-order valence-electron chi connectivity index (χ4n) is 2.59. The number of benzene rings is 2. The van der Waals surface area contributed by atoms with Crippen LogP contribution in [-0.4, -0.2) is 12.5 Å². The summed E-state index contributed by atoms with van der Waals surface area (Å²) in [6.07, 6.45) is 5.78. The average molecular weight is 350 g/mol. The first-order valence-corrected chi connectivity index (χ1v) is 8.82. The molecule has 0 heterocycles. The van der Waals surface area contributed by atoms with Crippen molar-refractivity contribution in [2.24, 2.45) is 5.92 Å². The Hall–Kier alpha value is -2.77. The molecule has 1 amide bonds. The van der Waals surface area contributed by atoms with Crippen molar-refractivity contribution in [2.75, 3.05) is 11.9 Å². The summed E-state index contributed by atoms with van der Waals surface area (Å²) in [5, 5.41) is 6.35. The lowest BCUT2D eigenvalue weighted by Crippen LogP contribution is -2.15. The molecule has 4 heteroatoms. The molecule has 0 aliphatic carbocycles. The predicted molar refractivity (Wildman–Crippen MR) is 106 cm³/mol. The number of ether oxygens (including phenoxy) is 1. The first-order chi connectivity index (χ1) is 12.6. The third-order valence-electron chi connectivity index (χ3n) is 3.73. The molecule has 0 bridgehead atoms. The lowest BCUT2D eigenvalue weighted by atomic mass is 10.1. The molecule has 0 atom stereocenters. The van der Waals surface area contributed by atoms with E-state index in [-0.39, 0.29) is 12.5 Å².